The number of methoxy groups -OCH3 is 1. The molecule has 2 heterocycles. The summed E-state index contributed by atoms with van der Waals surface area (Å²) in [5, 5.41) is 1.73. The fraction of sp³-hybridized carbons (Fsp3) is 0.182. The van der Waals surface area contributed by atoms with Crippen LogP contribution in [0, 0.1) is 0 Å². The summed E-state index contributed by atoms with van der Waals surface area (Å²) in [7, 11) is -1.91. The van der Waals surface area contributed by atoms with Crippen molar-refractivity contribution >= 4 is 21.4 Å². The summed E-state index contributed by atoms with van der Waals surface area (Å²) in [5.41, 5.74) is 0.794. The Balaban J connectivity index is 2.07. The molecule has 2 aromatic heterocycles. The van der Waals surface area contributed by atoms with E-state index in [1.807, 2.05) is 0 Å². The molecular formula is C11H12N2O3S2. The summed E-state index contributed by atoms with van der Waals surface area (Å²) in [5.74, 6) is 0.461. The van der Waals surface area contributed by atoms with Crippen LogP contribution in [0.2, 0.25) is 0 Å². The standard InChI is InChI=1S/C11H12N2O3S2/c1-16-10-7-9(4-5-12-10)8-13-18(14,15)11-3-2-6-17-11/h2-7,13H,8H2,1H3. The number of aromatic nitrogens is 1. The first-order chi connectivity index (χ1) is 8.62. The Hall–Kier alpha value is -1.44. The van der Waals surface area contributed by atoms with Gasteiger partial charge in [0.05, 0.1) is 7.11 Å². The number of rotatable bonds is 5. The molecule has 0 aliphatic rings. The third-order valence-corrected chi connectivity index (χ3v) is 5.03. The van der Waals surface area contributed by atoms with Crippen LogP contribution in [0.3, 0.4) is 0 Å². The molecule has 0 amide bonds. The van der Waals surface area contributed by atoms with Crippen molar-refractivity contribution in [3.05, 3.63) is 41.4 Å². The van der Waals surface area contributed by atoms with Crippen LogP contribution in [-0.2, 0) is 16.6 Å². The van der Waals surface area contributed by atoms with Crippen LogP contribution in [0.25, 0.3) is 0 Å². The van der Waals surface area contributed by atoms with Gasteiger partial charge in [-0.1, -0.05) is 6.07 Å². The highest BCUT2D eigenvalue weighted by Crippen LogP contribution is 2.16. The SMILES string of the molecule is COc1cc(CNS(=O)(=O)c2cccs2)ccn1. The van der Waals surface area contributed by atoms with Gasteiger partial charge in [-0.3, -0.25) is 0 Å². The first-order valence-electron chi connectivity index (χ1n) is 5.14. The second-order valence-electron chi connectivity index (χ2n) is 3.46. The molecule has 0 atom stereocenters. The van der Waals surface area contributed by atoms with Crippen molar-refractivity contribution in [2.45, 2.75) is 10.8 Å². The third kappa shape index (κ3) is 3.06. The summed E-state index contributed by atoms with van der Waals surface area (Å²) >= 11 is 1.19. The summed E-state index contributed by atoms with van der Waals surface area (Å²) in [6.07, 6.45) is 1.58. The molecule has 0 saturated carbocycles. The zero-order chi connectivity index (χ0) is 13.0. The first-order valence-corrected chi connectivity index (χ1v) is 7.50. The van der Waals surface area contributed by atoms with E-state index in [-0.39, 0.29) is 6.54 Å². The molecule has 5 nitrogen and oxygen atoms in total. The monoisotopic (exact) mass is 284 g/mol. The number of ether oxygens (including phenoxy) is 1. The molecule has 1 N–H and O–H groups in total. The lowest BCUT2D eigenvalue weighted by Gasteiger charge is -2.05. The first kappa shape index (κ1) is 13.0. The molecule has 18 heavy (non-hydrogen) atoms. The second-order valence-corrected chi connectivity index (χ2v) is 6.40. The van der Waals surface area contributed by atoms with Gasteiger partial charge < -0.3 is 4.74 Å². The summed E-state index contributed by atoms with van der Waals surface area (Å²) in [6.45, 7) is 0.207. The smallest absolute Gasteiger partial charge is 0.250 e. The molecule has 0 saturated heterocycles. The van der Waals surface area contributed by atoms with Crippen molar-refractivity contribution < 1.29 is 13.2 Å². The lowest BCUT2D eigenvalue weighted by Crippen LogP contribution is -2.22. The Morgan fingerprint density at radius 1 is 1.44 bits per heavy atom. The van der Waals surface area contributed by atoms with Crippen LogP contribution < -0.4 is 9.46 Å². The van der Waals surface area contributed by atoms with Gasteiger partial charge in [0.15, 0.2) is 0 Å². The van der Waals surface area contributed by atoms with Crippen LogP contribution in [0.5, 0.6) is 5.88 Å². The maximum atomic E-state index is 11.9. The van der Waals surface area contributed by atoms with Crippen LogP contribution >= 0.6 is 11.3 Å². The van der Waals surface area contributed by atoms with E-state index < -0.39 is 10.0 Å². The van der Waals surface area contributed by atoms with Crippen LogP contribution in [-0.4, -0.2) is 20.5 Å². The van der Waals surface area contributed by atoms with Gasteiger partial charge in [0.2, 0.25) is 15.9 Å². The number of thiophene rings is 1. The molecule has 2 aromatic rings. The van der Waals surface area contributed by atoms with Gasteiger partial charge in [-0.25, -0.2) is 18.1 Å². The van der Waals surface area contributed by atoms with Gasteiger partial charge in [-0.2, -0.15) is 0 Å². The van der Waals surface area contributed by atoms with Crippen LogP contribution in [0.4, 0.5) is 0 Å². The van der Waals surface area contributed by atoms with Crippen molar-refractivity contribution in [3.63, 3.8) is 0 Å². The van der Waals surface area contributed by atoms with Crippen LogP contribution in [0.1, 0.15) is 5.56 Å². The average Bonchev–Trinajstić information content (AvgIpc) is 2.91. The Bertz CT molecular complexity index is 609. The molecule has 0 fully saturated rings. The Kier molecular flexibility index (Phi) is 3.95. The van der Waals surface area contributed by atoms with E-state index in [1.54, 1.807) is 35.8 Å². The zero-order valence-corrected chi connectivity index (χ0v) is 11.3. The number of hydrogen-bond acceptors (Lipinski definition) is 5. The molecule has 0 bridgehead atoms. The largest absolute Gasteiger partial charge is 0.481 e. The molecule has 2 rings (SSSR count). The molecule has 96 valence electrons. The Morgan fingerprint density at radius 3 is 2.94 bits per heavy atom. The van der Waals surface area contributed by atoms with E-state index in [2.05, 4.69) is 9.71 Å². The van der Waals surface area contributed by atoms with Crippen molar-refractivity contribution in [1.82, 2.24) is 9.71 Å². The van der Waals surface area contributed by atoms with Gasteiger partial charge in [-0.05, 0) is 23.1 Å². The van der Waals surface area contributed by atoms with E-state index in [4.69, 9.17) is 4.74 Å². The molecule has 0 spiro atoms. The predicted molar refractivity (Wildman–Crippen MR) is 69.1 cm³/mol. The highest BCUT2D eigenvalue weighted by molar-refractivity contribution is 7.91. The number of pyridine rings is 1. The van der Waals surface area contributed by atoms with Gasteiger partial charge in [0.1, 0.15) is 4.21 Å². The fourth-order valence-corrected chi connectivity index (χ4v) is 3.39. The Labute approximate surface area is 110 Å². The number of hydrogen-bond donors (Lipinski definition) is 1. The van der Waals surface area contributed by atoms with Crippen molar-refractivity contribution in [2.75, 3.05) is 7.11 Å². The molecule has 0 radical (unpaired) electrons. The third-order valence-electron chi connectivity index (χ3n) is 2.23. The topological polar surface area (TPSA) is 68.3 Å². The van der Waals surface area contributed by atoms with E-state index in [9.17, 15) is 8.42 Å². The van der Waals surface area contributed by atoms with Crippen molar-refractivity contribution in [2.24, 2.45) is 0 Å². The minimum absolute atomic E-state index is 0.207. The summed E-state index contributed by atoms with van der Waals surface area (Å²) in [6, 6.07) is 6.70. The minimum atomic E-state index is -3.43. The molecule has 0 unspecified atom stereocenters. The molecule has 0 aliphatic carbocycles. The Morgan fingerprint density at radius 2 is 2.28 bits per heavy atom. The summed E-state index contributed by atoms with van der Waals surface area (Å²) in [4.78, 5) is 3.95. The second kappa shape index (κ2) is 5.47. The van der Waals surface area contributed by atoms with Crippen molar-refractivity contribution in [1.29, 1.82) is 0 Å². The number of sulfonamides is 1. The van der Waals surface area contributed by atoms with Gasteiger partial charge >= 0.3 is 0 Å². The minimum Gasteiger partial charge on any atom is -0.481 e. The van der Waals surface area contributed by atoms with Gasteiger partial charge in [0.25, 0.3) is 0 Å². The lowest BCUT2D eigenvalue weighted by molar-refractivity contribution is 0.397. The highest BCUT2D eigenvalue weighted by atomic mass is 32.2. The average molecular weight is 284 g/mol. The number of nitrogens with one attached hydrogen (secondary N) is 1. The quantitative estimate of drug-likeness (QED) is 0.906. The molecule has 0 aromatic carbocycles. The van der Waals surface area contributed by atoms with Crippen LogP contribution in [0.15, 0.2) is 40.1 Å². The molecular weight excluding hydrogens is 272 g/mol. The zero-order valence-electron chi connectivity index (χ0n) is 9.66. The van der Waals surface area contributed by atoms with Crippen molar-refractivity contribution in [3.8, 4) is 5.88 Å². The van der Waals surface area contributed by atoms with E-state index in [0.29, 0.717) is 10.1 Å². The number of nitrogens with zero attached hydrogens (tertiary/aromatic N) is 1. The van der Waals surface area contributed by atoms with Gasteiger partial charge in [0, 0.05) is 18.8 Å². The normalized spacial score (nSPS) is 11.4. The van der Waals surface area contributed by atoms with E-state index >= 15 is 0 Å². The summed E-state index contributed by atoms with van der Waals surface area (Å²) < 4.78 is 31.6. The molecule has 7 heteroatoms. The van der Waals surface area contributed by atoms with E-state index in [0.717, 1.165) is 5.56 Å². The molecule has 0 aliphatic heterocycles. The fourth-order valence-electron chi connectivity index (χ4n) is 1.34. The highest BCUT2D eigenvalue weighted by Gasteiger charge is 2.14. The maximum Gasteiger partial charge on any atom is 0.250 e. The lowest BCUT2D eigenvalue weighted by atomic mass is 10.3. The van der Waals surface area contributed by atoms with Gasteiger partial charge in [-0.15, -0.1) is 11.3 Å². The predicted octanol–water partition coefficient (Wildman–Crippen LogP) is 1.63. The maximum absolute atomic E-state index is 11.9. The van der Waals surface area contributed by atoms with E-state index in [1.165, 1.54) is 18.4 Å².